The van der Waals surface area contributed by atoms with Gasteiger partial charge in [-0.1, -0.05) is 147 Å². The third-order valence-electron chi connectivity index (χ3n) is 8.63. The number of phosphoric ester groups is 1. The quantitative estimate of drug-likeness (QED) is 0.0281. The zero-order valence-electron chi connectivity index (χ0n) is 32.0. The summed E-state index contributed by atoms with van der Waals surface area (Å²) < 4.78 is 26.3. The molecule has 8 nitrogen and oxygen atoms in total. The largest absolute Gasteiger partial charge is 0.469 e. The highest BCUT2D eigenvalue weighted by Crippen LogP contribution is 2.36. The van der Waals surface area contributed by atoms with Gasteiger partial charge in [0.2, 0.25) is 0 Å². The van der Waals surface area contributed by atoms with E-state index in [-0.39, 0.29) is 19.4 Å². The monoisotopic (exact) mass is 727 g/mol. The Kier molecular flexibility index (Phi) is 35.8. The lowest BCUT2D eigenvalue weighted by molar-refractivity contribution is -0.161. The molecule has 0 aliphatic carbocycles. The van der Waals surface area contributed by atoms with Crippen LogP contribution in [0, 0.1) is 0 Å². The first-order chi connectivity index (χ1) is 24.3. The summed E-state index contributed by atoms with van der Waals surface area (Å²) in [5, 5.41) is 0. The molecule has 50 heavy (non-hydrogen) atoms. The lowest BCUT2D eigenvalue weighted by atomic mass is 10.1. The van der Waals surface area contributed by atoms with Crippen LogP contribution in [0.2, 0.25) is 0 Å². The van der Waals surface area contributed by atoms with Crippen molar-refractivity contribution in [3.63, 3.8) is 0 Å². The van der Waals surface area contributed by atoms with Crippen LogP contribution in [-0.4, -0.2) is 41.0 Å². The van der Waals surface area contributed by atoms with Crippen molar-refractivity contribution in [2.75, 3.05) is 13.2 Å². The molecule has 0 spiro atoms. The Morgan fingerprint density at radius 3 is 1.40 bits per heavy atom. The van der Waals surface area contributed by atoms with Crippen LogP contribution in [-0.2, 0) is 28.2 Å². The SMILES string of the molecule is CCCCC/C=C/C/C=C/CCCCCCCCCCCC(=O)O[C@H](COC(=O)CCCCC/C=C/CCCCCCCC)COP(=O)(O)O. The number of carbonyl (C=O) groups excluding carboxylic acids is 2. The summed E-state index contributed by atoms with van der Waals surface area (Å²) >= 11 is 0. The molecule has 0 amide bonds. The highest BCUT2D eigenvalue weighted by molar-refractivity contribution is 7.46. The first-order valence-electron chi connectivity index (χ1n) is 20.3. The third-order valence-corrected chi connectivity index (χ3v) is 9.12. The van der Waals surface area contributed by atoms with Gasteiger partial charge in [-0.3, -0.25) is 14.1 Å². The van der Waals surface area contributed by atoms with E-state index in [9.17, 15) is 14.2 Å². The maximum atomic E-state index is 12.4. The van der Waals surface area contributed by atoms with Gasteiger partial charge in [-0.2, -0.15) is 0 Å². The first-order valence-corrected chi connectivity index (χ1v) is 21.8. The van der Waals surface area contributed by atoms with E-state index in [1.165, 1.54) is 96.3 Å². The van der Waals surface area contributed by atoms with Crippen LogP contribution in [0.4, 0.5) is 0 Å². The minimum absolute atomic E-state index is 0.204. The lowest BCUT2D eigenvalue weighted by Crippen LogP contribution is -2.29. The Morgan fingerprint density at radius 1 is 0.520 bits per heavy atom. The average Bonchev–Trinajstić information content (AvgIpc) is 3.08. The normalized spacial score (nSPS) is 12.8. The predicted octanol–water partition coefficient (Wildman–Crippen LogP) is 12.2. The molecule has 2 N–H and O–H groups in total. The van der Waals surface area contributed by atoms with Crippen molar-refractivity contribution in [2.45, 2.75) is 200 Å². The Bertz CT molecular complexity index is 910. The zero-order chi connectivity index (χ0) is 36.8. The fourth-order valence-corrected chi connectivity index (χ4v) is 5.93. The third kappa shape index (κ3) is 39.1. The van der Waals surface area contributed by atoms with Crippen LogP contribution in [0.1, 0.15) is 194 Å². The Hall–Kier alpha value is -1.73. The van der Waals surface area contributed by atoms with Gasteiger partial charge in [-0.25, -0.2) is 4.57 Å². The molecule has 0 heterocycles. The number of carbonyl (C=O) groups is 2. The van der Waals surface area contributed by atoms with Gasteiger partial charge in [0.05, 0.1) is 6.61 Å². The van der Waals surface area contributed by atoms with E-state index in [0.717, 1.165) is 57.8 Å². The van der Waals surface area contributed by atoms with Gasteiger partial charge in [0.1, 0.15) is 6.61 Å². The van der Waals surface area contributed by atoms with Gasteiger partial charge in [0.15, 0.2) is 6.10 Å². The molecule has 0 radical (unpaired) electrons. The second-order valence-corrected chi connectivity index (χ2v) is 14.8. The molecule has 0 aromatic rings. The van der Waals surface area contributed by atoms with Gasteiger partial charge in [-0.05, 0) is 70.6 Å². The number of hydrogen-bond donors (Lipinski definition) is 2. The highest BCUT2D eigenvalue weighted by atomic mass is 31.2. The van der Waals surface area contributed by atoms with Crippen LogP contribution in [0.15, 0.2) is 36.5 Å². The van der Waals surface area contributed by atoms with Crippen molar-refractivity contribution in [1.82, 2.24) is 0 Å². The molecule has 0 saturated carbocycles. The number of esters is 2. The van der Waals surface area contributed by atoms with E-state index in [1.54, 1.807) is 0 Å². The van der Waals surface area contributed by atoms with Crippen molar-refractivity contribution in [3.05, 3.63) is 36.5 Å². The predicted molar refractivity (Wildman–Crippen MR) is 207 cm³/mol. The zero-order valence-corrected chi connectivity index (χ0v) is 32.9. The second-order valence-electron chi connectivity index (χ2n) is 13.6. The van der Waals surface area contributed by atoms with E-state index in [2.05, 4.69) is 54.8 Å². The Morgan fingerprint density at radius 2 is 0.900 bits per heavy atom. The molecule has 0 fully saturated rings. The Labute approximate surface area is 306 Å². The maximum Gasteiger partial charge on any atom is 0.469 e. The van der Waals surface area contributed by atoms with Crippen LogP contribution < -0.4 is 0 Å². The molecule has 1 atom stereocenters. The maximum absolute atomic E-state index is 12.4. The standard InChI is InChI=1S/C41H75O8P/c1-3-5-7-9-11-13-15-17-18-19-20-21-22-24-26-28-30-32-34-36-41(43)49-39(38-48-50(44,45)46)37-47-40(42)35-33-31-29-27-25-23-16-14-12-10-8-6-4-2/h11,13,17-18,23,25,39H,3-10,12,14-16,19-22,24,26-38H2,1-2H3,(H2,44,45,46)/b13-11+,18-17+,25-23+/t39-/m1/s1. The van der Waals surface area contributed by atoms with E-state index in [4.69, 9.17) is 19.3 Å². The summed E-state index contributed by atoms with van der Waals surface area (Å²) in [5.74, 6) is -0.906. The summed E-state index contributed by atoms with van der Waals surface area (Å²) in [7, 11) is -4.75. The molecule has 292 valence electrons. The van der Waals surface area contributed by atoms with Crippen molar-refractivity contribution in [2.24, 2.45) is 0 Å². The minimum atomic E-state index is -4.75. The molecule has 0 aromatic carbocycles. The van der Waals surface area contributed by atoms with Crippen molar-refractivity contribution in [3.8, 4) is 0 Å². The summed E-state index contributed by atoms with van der Waals surface area (Å²) in [6, 6.07) is 0. The molecule has 0 aliphatic rings. The smallest absolute Gasteiger partial charge is 0.462 e. The van der Waals surface area contributed by atoms with Crippen LogP contribution in [0.5, 0.6) is 0 Å². The van der Waals surface area contributed by atoms with Crippen molar-refractivity contribution >= 4 is 19.8 Å². The van der Waals surface area contributed by atoms with Crippen LogP contribution in [0.25, 0.3) is 0 Å². The van der Waals surface area contributed by atoms with Crippen molar-refractivity contribution in [1.29, 1.82) is 0 Å². The van der Waals surface area contributed by atoms with Crippen LogP contribution >= 0.6 is 7.82 Å². The van der Waals surface area contributed by atoms with Crippen LogP contribution in [0.3, 0.4) is 0 Å². The summed E-state index contributed by atoms with van der Waals surface area (Å²) in [6.45, 7) is 3.63. The Balaban J connectivity index is 3.94. The van der Waals surface area contributed by atoms with Crippen molar-refractivity contribution < 1.29 is 37.9 Å². The average molecular weight is 727 g/mol. The molecule has 0 rings (SSSR count). The first kappa shape index (κ1) is 48.3. The number of rotatable bonds is 37. The molecule has 0 aromatic heterocycles. The number of unbranched alkanes of at least 4 members (excludes halogenated alkanes) is 21. The van der Waals surface area contributed by atoms with Gasteiger partial charge in [-0.15, -0.1) is 0 Å². The lowest BCUT2D eigenvalue weighted by Gasteiger charge is -2.18. The summed E-state index contributed by atoms with van der Waals surface area (Å²) in [4.78, 5) is 42.8. The molecular weight excluding hydrogens is 651 g/mol. The number of hydrogen-bond acceptors (Lipinski definition) is 6. The van der Waals surface area contributed by atoms with Gasteiger partial charge in [0, 0.05) is 12.8 Å². The molecule has 0 unspecified atom stereocenters. The fraction of sp³-hybridized carbons (Fsp3) is 0.805. The number of phosphoric acid groups is 1. The van der Waals surface area contributed by atoms with E-state index < -0.39 is 32.5 Å². The molecule has 0 aliphatic heterocycles. The van der Waals surface area contributed by atoms with E-state index in [1.807, 2.05) is 0 Å². The summed E-state index contributed by atoms with van der Waals surface area (Å²) in [6.07, 6.45) is 42.9. The van der Waals surface area contributed by atoms with E-state index in [0.29, 0.717) is 12.8 Å². The minimum Gasteiger partial charge on any atom is -0.462 e. The van der Waals surface area contributed by atoms with Gasteiger partial charge < -0.3 is 19.3 Å². The van der Waals surface area contributed by atoms with Gasteiger partial charge in [0.25, 0.3) is 0 Å². The number of allylic oxidation sites excluding steroid dienone is 6. The topological polar surface area (TPSA) is 119 Å². The summed E-state index contributed by atoms with van der Waals surface area (Å²) in [5.41, 5.74) is 0. The fourth-order valence-electron chi connectivity index (χ4n) is 5.57. The molecular formula is C41H75O8P. The van der Waals surface area contributed by atoms with Gasteiger partial charge >= 0.3 is 19.8 Å². The van der Waals surface area contributed by atoms with E-state index >= 15 is 0 Å². The number of ether oxygens (including phenoxy) is 2. The molecule has 0 saturated heterocycles. The molecule has 9 heteroatoms. The molecule has 0 bridgehead atoms. The highest BCUT2D eigenvalue weighted by Gasteiger charge is 2.22. The second kappa shape index (κ2) is 37.0.